The third-order valence-corrected chi connectivity index (χ3v) is 4.83. The van der Waals surface area contributed by atoms with Crippen molar-refractivity contribution in [2.45, 2.75) is 6.04 Å². The van der Waals surface area contributed by atoms with Crippen molar-refractivity contribution in [3.05, 3.63) is 71.0 Å². The predicted octanol–water partition coefficient (Wildman–Crippen LogP) is 2.63. The molecule has 0 aromatic heterocycles. The van der Waals surface area contributed by atoms with Crippen LogP contribution in [-0.4, -0.2) is 55.0 Å². The highest BCUT2D eigenvalue weighted by molar-refractivity contribution is 5.96. The van der Waals surface area contributed by atoms with Crippen LogP contribution in [-0.2, 0) is 4.74 Å². The molecule has 0 spiro atoms. The normalized spacial score (nSPS) is 15.5. The van der Waals surface area contributed by atoms with Crippen LogP contribution in [0.1, 0.15) is 32.3 Å². The van der Waals surface area contributed by atoms with Gasteiger partial charge in [-0.3, -0.25) is 9.69 Å². The van der Waals surface area contributed by atoms with Crippen LogP contribution in [0.3, 0.4) is 0 Å². The number of hydrogen-bond acceptors (Lipinski definition) is 5. The molecule has 0 aliphatic carbocycles. The highest BCUT2D eigenvalue weighted by Crippen LogP contribution is 2.22. The fraction of sp³-hybridized carbons (Fsp3) is 0.286. The Kier molecular flexibility index (Phi) is 6.02. The van der Waals surface area contributed by atoms with Crippen molar-refractivity contribution in [2.75, 3.05) is 33.3 Å². The molecule has 144 valence electrons. The van der Waals surface area contributed by atoms with Crippen molar-refractivity contribution < 1.29 is 18.7 Å². The zero-order valence-electron chi connectivity index (χ0n) is 15.5. The van der Waals surface area contributed by atoms with Gasteiger partial charge < -0.3 is 9.64 Å². The van der Waals surface area contributed by atoms with Gasteiger partial charge in [0.15, 0.2) is 0 Å². The Labute approximate surface area is 162 Å². The second-order valence-electron chi connectivity index (χ2n) is 6.48. The van der Waals surface area contributed by atoms with E-state index in [9.17, 15) is 19.2 Å². The van der Waals surface area contributed by atoms with E-state index in [1.54, 1.807) is 41.3 Å². The molecule has 0 bridgehead atoms. The minimum Gasteiger partial charge on any atom is -0.465 e. The summed E-state index contributed by atoms with van der Waals surface area (Å²) in [6, 6.07) is 14.1. The second-order valence-corrected chi connectivity index (χ2v) is 6.48. The largest absolute Gasteiger partial charge is 0.465 e. The molecule has 0 saturated carbocycles. The lowest BCUT2D eigenvalue weighted by Crippen LogP contribution is -2.49. The number of esters is 1. The molecule has 1 saturated heterocycles. The summed E-state index contributed by atoms with van der Waals surface area (Å²) in [4.78, 5) is 27.9. The van der Waals surface area contributed by atoms with Crippen molar-refractivity contribution in [2.24, 2.45) is 0 Å². The molecule has 2 aromatic rings. The van der Waals surface area contributed by atoms with Gasteiger partial charge in [0.25, 0.3) is 5.91 Å². The minimum absolute atomic E-state index is 0.119. The van der Waals surface area contributed by atoms with Crippen LogP contribution in [0.15, 0.2) is 48.5 Å². The molecule has 1 aliphatic rings. The first-order chi connectivity index (χ1) is 13.5. The maximum Gasteiger partial charge on any atom is 0.337 e. The average molecular weight is 381 g/mol. The molecule has 1 fully saturated rings. The molecule has 3 rings (SSSR count). The van der Waals surface area contributed by atoms with E-state index >= 15 is 0 Å². The molecule has 0 radical (unpaired) electrons. The van der Waals surface area contributed by atoms with Crippen LogP contribution in [0.25, 0.3) is 0 Å². The number of carbonyl (C=O) groups excluding carboxylic acids is 2. The lowest BCUT2D eigenvalue weighted by molar-refractivity contribution is 0.0591. The SMILES string of the molecule is COC(=O)c1ccc(C(=O)N2CCN([C@@H](C#N)c3ccc(F)cc3)CC2)cc1. The molecule has 0 N–H and O–H groups in total. The highest BCUT2D eigenvalue weighted by Gasteiger charge is 2.27. The van der Waals surface area contributed by atoms with Gasteiger partial charge in [0, 0.05) is 31.7 Å². The zero-order chi connectivity index (χ0) is 20.1. The van der Waals surface area contributed by atoms with Crippen molar-refractivity contribution in [3.63, 3.8) is 0 Å². The lowest BCUT2D eigenvalue weighted by atomic mass is 10.1. The zero-order valence-corrected chi connectivity index (χ0v) is 15.5. The first-order valence-electron chi connectivity index (χ1n) is 8.90. The van der Waals surface area contributed by atoms with Gasteiger partial charge >= 0.3 is 5.97 Å². The van der Waals surface area contributed by atoms with Gasteiger partial charge in [0.05, 0.1) is 18.7 Å². The number of ether oxygens (including phenoxy) is 1. The fourth-order valence-corrected chi connectivity index (χ4v) is 3.24. The van der Waals surface area contributed by atoms with Gasteiger partial charge in [-0.25, -0.2) is 9.18 Å². The average Bonchev–Trinajstić information content (AvgIpc) is 2.75. The fourth-order valence-electron chi connectivity index (χ4n) is 3.24. The molecule has 6 nitrogen and oxygen atoms in total. The van der Waals surface area contributed by atoms with Gasteiger partial charge in [-0.15, -0.1) is 0 Å². The van der Waals surface area contributed by atoms with Crippen LogP contribution >= 0.6 is 0 Å². The summed E-state index contributed by atoms with van der Waals surface area (Å²) in [6.45, 7) is 2.05. The van der Waals surface area contributed by atoms with E-state index < -0.39 is 12.0 Å². The number of rotatable bonds is 4. The van der Waals surface area contributed by atoms with Crippen molar-refractivity contribution >= 4 is 11.9 Å². The smallest absolute Gasteiger partial charge is 0.337 e. The Balaban J connectivity index is 1.62. The van der Waals surface area contributed by atoms with Crippen molar-refractivity contribution in [3.8, 4) is 6.07 Å². The number of halogens is 1. The number of nitriles is 1. The Morgan fingerprint density at radius 3 is 2.11 bits per heavy atom. The van der Waals surface area contributed by atoms with Gasteiger partial charge in [0.2, 0.25) is 0 Å². The summed E-state index contributed by atoms with van der Waals surface area (Å²) in [5.41, 5.74) is 1.62. The Bertz CT molecular complexity index is 883. The van der Waals surface area contributed by atoms with E-state index in [0.29, 0.717) is 37.3 Å². The summed E-state index contributed by atoms with van der Waals surface area (Å²) >= 11 is 0. The maximum atomic E-state index is 13.1. The van der Waals surface area contributed by atoms with Crippen LogP contribution in [0.2, 0.25) is 0 Å². The first kappa shape index (κ1) is 19.5. The Hall–Kier alpha value is -3.24. The summed E-state index contributed by atoms with van der Waals surface area (Å²) in [6.07, 6.45) is 0. The minimum atomic E-state index is -0.475. The third kappa shape index (κ3) is 4.18. The molecule has 2 aromatic carbocycles. The monoisotopic (exact) mass is 381 g/mol. The predicted molar refractivity (Wildman–Crippen MR) is 100 cm³/mol. The number of carbonyl (C=O) groups is 2. The van der Waals surface area contributed by atoms with Crippen LogP contribution in [0.5, 0.6) is 0 Å². The summed E-state index contributed by atoms with van der Waals surface area (Å²) in [5, 5.41) is 9.54. The number of methoxy groups -OCH3 is 1. The number of amides is 1. The Morgan fingerprint density at radius 1 is 1.00 bits per heavy atom. The van der Waals surface area contributed by atoms with E-state index in [-0.39, 0.29) is 11.7 Å². The van der Waals surface area contributed by atoms with E-state index in [4.69, 9.17) is 0 Å². The van der Waals surface area contributed by atoms with E-state index in [1.807, 2.05) is 4.90 Å². The number of nitrogens with zero attached hydrogens (tertiary/aromatic N) is 3. The molecule has 28 heavy (non-hydrogen) atoms. The molecular formula is C21H20FN3O3. The molecule has 0 unspecified atom stereocenters. The maximum absolute atomic E-state index is 13.1. The lowest BCUT2D eigenvalue weighted by Gasteiger charge is -2.37. The first-order valence-corrected chi connectivity index (χ1v) is 8.90. The van der Waals surface area contributed by atoms with Crippen LogP contribution in [0, 0.1) is 17.1 Å². The van der Waals surface area contributed by atoms with Crippen LogP contribution in [0.4, 0.5) is 4.39 Å². The van der Waals surface area contributed by atoms with E-state index in [0.717, 1.165) is 5.56 Å². The quantitative estimate of drug-likeness (QED) is 0.762. The topological polar surface area (TPSA) is 73.6 Å². The number of hydrogen-bond donors (Lipinski definition) is 0. The molecule has 1 heterocycles. The molecular weight excluding hydrogens is 361 g/mol. The highest BCUT2D eigenvalue weighted by atomic mass is 19.1. The van der Waals surface area contributed by atoms with Gasteiger partial charge in [-0.05, 0) is 42.0 Å². The van der Waals surface area contributed by atoms with Crippen molar-refractivity contribution in [1.82, 2.24) is 9.80 Å². The standard InChI is InChI=1S/C21H20FN3O3/c1-28-21(27)17-4-2-16(3-5-17)20(26)25-12-10-24(11-13-25)19(14-23)15-6-8-18(22)9-7-15/h2-9,19H,10-13H2,1H3/t19-/m0/s1. The summed E-state index contributed by atoms with van der Waals surface area (Å²) < 4.78 is 17.8. The number of benzene rings is 2. The van der Waals surface area contributed by atoms with E-state index in [1.165, 1.54) is 19.2 Å². The molecule has 1 amide bonds. The van der Waals surface area contributed by atoms with Gasteiger partial charge in [0.1, 0.15) is 11.9 Å². The number of piperazine rings is 1. The summed E-state index contributed by atoms with van der Waals surface area (Å²) in [7, 11) is 1.31. The second kappa shape index (κ2) is 8.63. The Morgan fingerprint density at radius 2 is 1.57 bits per heavy atom. The van der Waals surface area contributed by atoms with Crippen LogP contribution < -0.4 is 0 Å². The molecule has 1 atom stereocenters. The summed E-state index contributed by atoms with van der Waals surface area (Å²) in [5.74, 6) is -0.906. The third-order valence-electron chi connectivity index (χ3n) is 4.83. The van der Waals surface area contributed by atoms with Crippen molar-refractivity contribution in [1.29, 1.82) is 5.26 Å². The van der Waals surface area contributed by atoms with E-state index in [2.05, 4.69) is 10.8 Å². The van der Waals surface area contributed by atoms with Gasteiger partial charge in [-0.2, -0.15) is 5.26 Å². The van der Waals surface area contributed by atoms with Gasteiger partial charge in [-0.1, -0.05) is 12.1 Å². The molecule has 1 aliphatic heterocycles. The molecule has 7 heteroatoms.